The maximum Gasteiger partial charge on any atom is 0.291 e. The summed E-state index contributed by atoms with van der Waals surface area (Å²) in [6.45, 7) is 2.52. The Morgan fingerprint density at radius 1 is 1.21 bits per heavy atom. The Bertz CT molecular complexity index is 889. The Balaban J connectivity index is 1.96. The quantitative estimate of drug-likeness (QED) is 0.749. The molecule has 0 aliphatic heterocycles. The lowest BCUT2D eigenvalue weighted by Crippen LogP contribution is -2.14. The van der Waals surface area contributed by atoms with E-state index < -0.39 is 17.5 Å². The number of halogens is 2. The van der Waals surface area contributed by atoms with Crippen molar-refractivity contribution in [2.45, 2.75) is 13.5 Å². The molecule has 124 valence electrons. The molecule has 6 heteroatoms. The molecule has 4 nitrogen and oxygen atoms in total. The van der Waals surface area contributed by atoms with E-state index in [1.54, 1.807) is 12.1 Å². The molecule has 1 heterocycles. The van der Waals surface area contributed by atoms with Gasteiger partial charge in [0.25, 0.3) is 5.91 Å². The molecule has 0 spiro atoms. The summed E-state index contributed by atoms with van der Waals surface area (Å²) in [5.41, 5.74) is 1.01. The third kappa shape index (κ3) is 3.14. The molecule has 0 saturated heterocycles. The van der Waals surface area contributed by atoms with Crippen LogP contribution in [-0.2, 0) is 11.3 Å². The topological polar surface area (TPSA) is 51.5 Å². The summed E-state index contributed by atoms with van der Waals surface area (Å²) in [4.78, 5) is 12.5. The molecule has 0 atom stereocenters. The van der Waals surface area contributed by atoms with Gasteiger partial charge in [-0.3, -0.25) is 4.79 Å². The number of carbonyl (C=O) groups excluding carboxylic acids is 1. The fraction of sp³-hybridized carbons (Fsp3) is 0.167. The zero-order valence-corrected chi connectivity index (χ0v) is 12.9. The Morgan fingerprint density at radius 2 is 2.00 bits per heavy atom. The predicted octanol–water partition coefficient (Wildman–Crippen LogP) is 4.50. The molecule has 1 N–H and O–H groups in total. The summed E-state index contributed by atoms with van der Waals surface area (Å²) in [5, 5.41) is 3.16. The number of fused-ring (bicyclic) bond motifs is 1. The van der Waals surface area contributed by atoms with Crippen molar-refractivity contribution in [3.8, 4) is 0 Å². The van der Waals surface area contributed by atoms with Crippen LogP contribution in [0.5, 0.6) is 0 Å². The lowest BCUT2D eigenvalue weighted by molar-refractivity contribution is 0.0984. The van der Waals surface area contributed by atoms with Crippen molar-refractivity contribution in [2.75, 3.05) is 11.9 Å². The van der Waals surface area contributed by atoms with E-state index in [4.69, 9.17) is 9.15 Å². The van der Waals surface area contributed by atoms with Gasteiger partial charge in [-0.15, -0.1) is 0 Å². The number of hydrogen-bond donors (Lipinski definition) is 1. The third-order valence-corrected chi connectivity index (χ3v) is 3.53. The minimum atomic E-state index is -0.856. The van der Waals surface area contributed by atoms with Gasteiger partial charge in [0.1, 0.15) is 17.2 Å². The van der Waals surface area contributed by atoms with Crippen LogP contribution in [0, 0.1) is 11.6 Å². The average Bonchev–Trinajstić information content (AvgIpc) is 2.94. The number of rotatable bonds is 5. The average molecular weight is 331 g/mol. The molecule has 3 aromatic rings. The molecule has 0 radical (unpaired) electrons. The van der Waals surface area contributed by atoms with Crippen molar-refractivity contribution >= 4 is 22.6 Å². The van der Waals surface area contributed by atoms with Crippen molar-refractivity contribution < 1.29 is 22.7 Å². The summed E-state index contributed by atoms with van der Waals surface area (Å²) in [7, 11) is 0. The largest absolute Gasteiger partial charge is 0.451 e. The second-order valence-corrected chi connectivity index (χ2v) is 5.12. The minimum Gasteiger partial charge on any atom is -0.451 e. The number of nitrogens with one attached hydrogen (secondary N) is 1. The first-order chi connectivity index (χ1) is 11.6. The highest BCUT2D eigenvalue weighted by atomic mass is 19.1. The minimum absolute atomic E-state index is 0.0494. The van der Waals surface area contributed by atoms with E-state index in [-0.39, 0.29) is 18.1 Å². The molecular weight excluding hydrogens is 316 g/mol. The molecule has 0 aliphatic carbocycles. The van der Waals surface area contributed by atoms with E-state index in [1.807, 2.05) is 19.1 Å². The first kappa shape index (κ1) is 16.1. The fourth-order valence-corrected chi connectivity index (χ4v) is 2.40. The van der Waals surface area contributed by atoms with Crippen LogP contribution in [0.2, 0.25) is 0 Å². The second kappa shape index (κ2) is 6.80. The van der Waals surface area contributed by atoms with Crippen LogP contribution in [0.4, 0.5) is 14.5 Å². The van der Waals surface area contributed by atoms with Gasteiger partial charge in [-0.1, -0.05) is 18.2 Å². The predicted molar refractivity (Wildman–Crippen MR) is 85.9 cm³/mol. The number of amides is 1. The summed E-state index contributed by atoms with van der Waals surface area (Å²) in [6.07, 6.45) is 0. The van der Waals surface area contributed by atoms with Crippen LogP contribution in [-0.4, -0.2) is 12.5 Å². The number of ether oxygens (including phenoxy) is 1. The van der Waals surface area contributed by atoms with E-state index in [2.05, 4.69) is 5.32 Å². The van der Waals surface area contributed by atoms with Crippen LogP contribution < -0.4 is 5.32 Å². The Morgan fingerprint density at radius 3 is 2.75 bits per heavy atom. The standard InChI is InChI=1S/C18H15F2NO3/c1-2-23-10-13-12-5-3-4-6-16(12)24-17(13)18(22)21-15-8-7-11(19)9-14(15)20/h3-9H,2,10H2,1H3,(H,21,22). The fourth-order valence-electron chi connectivity index (χ4n) is 2.40. The molecule has 0 unspecified atom stereocenters. The molecule has 1 amide bonds. The molecule has 24 heavy (non-hydrogen) atoms. The monoisotopic (exact) mass is 331 g/mol. The van der Waals surface area contributed by atoms with E-state index in [0.717, 1.165) is 17.5 Å². The van der Waals surface area contributed by atoms with Gasteiger partial charge in [-0.25, -0.2) is 8.78 Å². The van der Waals surface area contributed by atoms with Crippen molar-refractivity contribution in [3.63, 3.8) is 0 Å². The molecule has 0 bridgehead atoms. The van der Waals surface area contributed by atoms with Crippen molar-refractivity contribution in [1.29, 1.82) is 0 Å². The van der Waals surface area contributed by atoms with Crippen LogP contribution in [0.15, 0.2) is 46.9 Å². The van der Waals surface area contributed by atoms with E-state index >= 15 is 0 Å². The maximum atomic E-state index is 13.7. The van der Waals surface area contributed by atoms with Gasteiger partial charge in [0, 0.05) is 23.6 Å². The zero-order chi connectivity index (χ0) is 17.1. The SMILES string of the molecule is CCOCc1c(C(=O)Nc2ccc(F)cc2F)oc2ccccc12. The number of carbonyl (C=O) groups is 1. The molecule has 2 aromatic carbocycles. The van der Waals surface area contributed by atoms with Crippen molar-refractivity contribution in [3.05, 3.63) is 65.4 Å². The number of hydrogen-bond acceptors (Lipinski definition) is 3. The lowest BCUT2D eigenvalue weighted by Gasteiger charge is -2.07. The van der Waals surface area contributed by atoms with Crippen molar-refractivity contribution in [1.82, 2.24) is 0 Å². The summed E-state index contributed by atoms with van der Waals surface area (Å²) in [6, 6.07) is 10.1. The number of para-hydroxylation sites is 1. The first-order valence-corrected chi connectivity index (χ1v) is 7.44. The van der Waals surface area contributed by atoms with E-state index in [0.29, 0.717) is 23.8 Å². The summed E-state index contributed by atoms with van der Waals surface area (Å²) in [5.74, 6) is -2.14. The lowest BCUT2D eigenvalue weighted by atomic mass is 10.1. The van der Waals surface area contributed by atoms with Crippen LogP contribution in [0.1, 0.15) is 23.0 Å². The van der Waals surface area contributed by atoms with Crippen LogP contribution in [0.25, 0.3) is 11.0 Å². The van der Waals surface area contributed by atoms with Gasteiger partial charge in [-0.05, 0) is 25.1 Å². The Kier molecular flexibility index (Phi) is 4.57. The number of anilines is 1. The van der Waals surface area contributed by atoms with Gasteiger partial charge >= 0.3 is 0 Å². The third-order valence-electron chi connectivity index (χ3n) is 3.53. The molecule has 0 aliphatic rings. The molecule has 3 rings (SSSR count). The molecule has 0 saturated carbocycles. The molecule has 0 fully saturated rings. The molecule has 1 aromatic heterocycles. The molecular formula is C18H15F2NO3. The highest BCUT2D eigenvalue weighted by Gasteiger charge is 2.21. The van der Waals surface area contributed by atoms with E-state index in [1.165, 1.54) is 0 Å². The summed E-state index contributed by atoms with van der Waals surface area (Å²) < 4.78 is 37.7. The first-order valence-electron chi connectivity index (χ1n) is 7.44. The van der Waals surface area contributed by atoms with Gasteiger partial charge in [-0.2, -0.15) is 0 Å². The van der Waals surface area contributed by atoms with Gasteiger partial charge < -0.3 is 14.5 Å². The smallest absolute Gasteiger partial charge is 0.291 e. The summed E-state index contributed by atoms with van der Waals surface area (Å²) >= 11 is 0. The zero-order valence-electron chi connectivity index (χ0n) is 12.9. The van der Waals surface area contributed by atoms with Crippen LogP contribution in [0.3, 0.4) is 0 Å². The second-order valence-electron chi connectivity index (χ2n) is 5.12. The van der Waals surface area contributed by atoms with Crippen molar-refractivity contribution in [2.24, 2.45) is 0 Å². The highest BCUT2D eigenvalue weighted by molar-refractivity contribution is 6.06. The van der Waals surface area contributed by atoms with Gasteiger partial charge in [0.05, 0.1) is 12.3 Å². The van der Waals surface area contributed by atoms with E-state index in [9.17, 15) is 13.6 Å². The van der Waals surface area contributed by atoms with Gasteiger partial charge in [0.2, 0.25) is 0 Å². The Labute approximate surface area is 137 Å². The van der Waals surface area contributed by atoms with Gasteiger partial charge in [0.15, 0.2) is 5.76 Å². The maximum absolute atomic E-state index is 13.7. The highest BCUT2D eigenvalue weighted by Crippen LogP contribution is 2.27. The Hall–Kier alpha value is -2.73. The number of furan rings is 1. The normalized spacial score (nSPS) is 11.0. The number of benzene rings is 2. The van der Waals surface area contributed by atoms with Crippen LogP contribution >= 0.6 is 0 Å².